The molecule has 0 aliphatic heterocycles. The number of carbonyl (C=O) groups is 1. The molecule has 0 aliphatic rings. The molecule has 0 amide bonds. The molecule has 2 atom stereocenters. The highest BCUT2D eigenvalue weighted by atomic mass is 16.5. The fourth-order valence-corrected chi connectivity index (χ4v) is 1.09. The van der Waals surface area contributed by atoms with E-state index < -0.39 is 12.2 Å². The molecule has 0 fully saturated rings. The molecule has 0 aromatic rings. The van der Waals surface area contributed by atoms with Crippen molar-refractivity contribution in [3.63, 3.8) is 0 Å². The van der Waals surface area contributed by atoms with Gasteiger partial charge in [-0.3, -0.25) is 0 Å². The molecule has 2 unspecified atom stereocenters. The van der Waals surface area contributed by atoms with Gasteiger partial charge in [0.05, 0.1) is 6.10 Å². The second kappa shape index (κ2) is 8.20. The Labute approximate surface area is 80.1 Å². The summed E-state index contributed by atoms with van der Waals surface area (Å²) in [6.07, 6.45) is 3.51. The lowest BCUT2D eigenvalue weighted by atomic mass is 10.2. The van der Waals surface area contributed by atoms with Crippen LogP contribution in [-0.4, -0.2) is 30.2 Å². The highest BCUT2D eigenvalue weighted by molar-refractivity contribution is 5.55. The molecule has 0 spiro atoms. The fourth-order valence-electron chi connectivity index (χ4n) is 1.09. The molecule has 0 heterocycles. The number of hydrogen-bond donors (Lipinski definition) is 1. The molecular weight excluding hydrogens is 168 g/mol. The zero-order valence-corrected chi connectivity index (χ0v) is 8.53. The van der Waals surface area contributed by atoms with Gasteiger partial charge < -0.3 is 14.6 Å². The van der Waals surface area contributed by atoms with Crippen LogP contribution in [0.2, 0.25) is 0 Å². The van der Waals surface area contributed by atoms with Crippen LogP contribution < -0.4 is 0 Å². The average Bonchev–Trinajstić information content (AvgIpc) is 2.09. The zero-order chi connectivity index (χ0) is 10.1. The van der Waals surface area contributed by atoms with Gasteiger partial charge in [0.25, 0.3) is 0 Å². The summed E-state index contributed by atoms with van der Waals surface area (Å²) in [6.45, 7) is 4.39. The van der Waals surface area contributed by atoms with Crippen molar-refractivity contribution < 1.29 is 14.6 Å². The van der Waals surface area contributed by atoms with E-state index in [0.29, 0.717) is 13.0 Å². The summed E-state index contributed by atoms with van der Waals surface area (Å²) in [5.41, 5.74) is 0. The van der Waals surface area contributed by atoms with Crippen LogP contribution >= 0.6 is 0 Å². The van der Waals surface area contributed by atoms with Crippen LogP contribution in [0, 0.1) is 0 Å². The molecule has 0 saturated carbocycles. The van der Waals surface area contributed by atoms with Crippen molar-refractivity contribution in [1.29, 1.82) is 0 Å². The molecule has 3 nitrogen and oxygen atoms in total. The van der Waals surface area contributed by atoms with Gasteiger partial charge in [0, 0.05) is 13.0 Å². The normalized spacial score (nSPS) is 15.3. The quantitative estimate of drug-likeness (QED) is 0.464. The SMILES string of the molecule is CCCCCOC(C=O)CC(C)O. The number of ether oxygens (including phenoxy) is 1. The Morgan fingerprint density at radius 1 is 1.46 bits per heavy atom. The number of aldehydes is 1. The van der Waals surface area contributed by atoms with E-state index in [2.05, 4.69) is 6.92 Å². The molecule has 0 saturated heterocycles. The van der Waals surface area contributed by atoms with Crippen LogP contribution in [-0.2, 0) is 9.53 Å². The maximum absolute atomic E-state index is 10.5. The van der Waals surface area contributed by atoms with E-state index in [0.717, 1.165) is 25.5 Å². The topological polar surface area (TPSA) is 46.5 Å². The minimum absolute atomic E-state index is 0.398. The minimum atomic E-state index is -0.471. The fraction of sp³-hybridized carbons (Fsp3) is 0.900. The molecule has 3 heteroatoms. The largest absolute Gasteiger partial charge is 0.393 e. The number of hydrogen-bond acceptors (Lipinski definition) is 3. The van der Waals surface area contributed by atoms with Gasteiger partial charge in [0.2, 0.25) is 0 Å². The van der Waals surface area contributed by atoms with Crippen molar-refractivity contribution >= 4 is 6.29 Å². The maximum atomic E-state index is 10.5. The Morgan fingerprint density at radius 3 is 2.62 bits per heavy atom. The standard InChI is InChI=1S/C10H20O3/c1-3-4-5-6-13-10(8-11)7-9(2)12/h8-10,12H,3-7H2,1-2H3. The molecule has 0 aliphatic carbocycles. The molecule has 0 aromatic heterocycles. The van der Waals surface area contributed by atoms with Gasteiger partial charge in [0.15, 0.2) is 0 Å². The van der Waals surface area contributed by atoms with E-state index >= 15 is 0 Å². The predicted octanol–water partition coefficient (Wildman–Crippen LogP) is 1.53. The summed E-state index contributed by atoms with van der Waals surface area (Å²) in [5.74, 6) is 0. The molecule has 1 N–H and O–H groups in total. The van der Waals surface area contributed by atoms with Gasteiger partial charge in [-0.2, -0.15) is 0 Å². The maximum Gasteiger partial charge on any atom is 0.148 e. The van der Waals surface area contributed by atoms with E-state index in [1.807, 2.05) is 0 Å². The van der Waals surface area contributed by atoms with Crippen molar-refractivity contribution in [3.05, 3.63) is 0 Å². The van der Waals surface area contributed by atoms with Crippen LogP contribution in [0.3, 0.4) is 0 Å². The van der Waals surface area contributed by atoms with E-state index in [1.54, 1.807) is 6.92 Å². The van der Waals surface area contributed by atoms with Crippen LogP contribution in [0.25, 0.3) is 0 Å². The van der Waals surface area contributed by atoms with Gasteiger partial charge in [0.1, 0.15) is 12.4 Å². The van der Waals surface area contributed by atoms with Crippen LogP contribution in [0.15, 0.2) is 0 Å². The number of carbonyl (C=O) groups excluding carboxylic acids is 1. The van der Waals surface area contributed by atoms with Gasteiger partial charge in [-0.15, -0.1) is 0 Å². The molecule has 78 valence electrons. The van der Waals surface area contributed by atoms with Gasteiger partial charge in [-0.1, -0.05) is 19.8 Å². The monoisotopic (exact) mass is 188 g/mol. The summed E-state index contributed by atoms with van der Waals surface area (Å²) in [4.78, 5) is 10.5. The Kier molecular flexibility index (Phi) is 7.94. The first-order valence-corrected chi connectivity index (χ1v) is 4.95. The van der Waals surface area contributed by atoms with Crippen molar-refractivity contribution in [3.8, 4) is 0 Å². The Balaban J connectivity index is 3.42. The predicted molar refractivity (Wildman–Crippen MR) is 51.6 cm³/mol. The first-order valence-electron chi connectivity index (χ1n) is 4.95. The lowest BCUT2D eigenvalue weighted by Gasteiger charge is -2.12. The summed E-state index contributed by atoms with van der Waals surface area (Å²) in [5, 5.41) is 9.02. The van der Waals surface area contributed by atoms with Gasteiger partial charge in [-0.05, 0) is 13.3 Å². The third kappa shape index (κ3) is 7.94. The molecule has 0 aromatic carbocycles. The van der Waals surface area contributed by atoms with Crippen molar-refractivity contribution in [2.24, 2.45) is 0 Å². The Hall–Kier alpha value is -0.410. The van der Waals surface area contributed by atoms with Crippen molar-refractivity contribution in [2.45, 2.75) is 51.7 Å². The first kappa shape index (κ1) is 12.6. The summed E-state index contributed by atoms with van der Waals surface area (Å²) in [6, 6.07) is 0. The highest BCUT2D eigenvalue weighted by Gasteiger charge is 2.10. The Bertz CT molecular complexity index is 123. The second-order valence-corrected chi connectivity index (χ2v) is 3.34. The number of rotatable bonds is 8. The molecule has 0 bridgehead atoms. The molecule has 0 rings (SSSR count). The molecule has 0 radical (unpaired) electrons. The zero-order valence-electron chi connectivity index (χ0n) is 8.53. The van der Waals surface area contributed by atoms with E-state index in [9.17, 15) is 4.79 Å². The summed E-state index contributed by atoms with van der Waals surface area (Å²) >= 11 is 0. The lowest BCUT2D eigenvalue weighted by molar-refractivity contribution is -0.120. The third-order valence-corrected chi connectivity index (χ3v) is 1.81. The van der Waals surface area contributed by atoms with Crippen molar-refractivity contribution in [2.75, 3.05) is 6.61 Å². The second-order valence-electron chi connectivity index (χ2n) is 3.34. The number of aliphatic hydroxyl groups excluding tert-OH is 1. The van der Waals surface area contributed by atoms with E-state index in [-0.39, 0.29) is 0 Å². The van der Waals surface area contributed by atoms with Gasteiger partial charge >= 0.3 is 0 Å². The first-order chi connectivity index (χ1) is 6.20. The lowest BCUT2D eigenvalue weighted by Crippen LogP contribution is -2.20. The van der Waals surface area contributed by atoms with Gasteiger partial charge in [-0.25, -0.2) is 0 Å². The Morgan fingerprint density at radius 2 is 2.15 bits per heavy atom. The van der Waals surface area contributed by atoms with E-state index in [4.69, 9.17) is 9.84 Å². The smallest absolute Gasteiger partial charge is 0.148 e. The molecular formula is C10H20O3. The number of aliphatic hydroxyl groups is 1. The van der Waals surface area contributed by atoms with Crippen LogP contribution in [0.1, 0.15) is 39.5 Å². The van der Waals surface area contributed by atoms with Crippen LogP contribution in [0.4, 0.5) is 0 Å². The summed E-state index contributed by atoms with van der Waals surface area (Å²) < 4.78 is 5.28. The average molecular weight is 188 g/mol. The van der Waals surface area contributed by atoms with Crippen LogP contribution in [0.5, 0.6) is 0 Å². The van der Waals surface area contributed by atoms with E-state index in [1.165, 1.54) is 0 Å². The highest BCUT2D eigenvalue weighted by Crippen LogP contribution is 2.02. The molecule has 13 heavy (non-hydrogen) atoms. The minimum Gasteiger partial charge on any atom is -0.393 e. The third-order valence-electron chi connectivity index (χ3n) is 1.81. The number of unbranched alkanes of at least 4 members (excludes halogenated alkanes) is 2. The van der Waals surface area contributed by atoms with Crippen molar-refractivity contribution in [1.82, 2.24) is 0 Å². The summed E-state index contributed by atoms with van der Waals surface area (Å²) in [7, 11) is 0.